The zero-order valence-electron chi connectivity index (χ0n) is 8.13. The Balaban J connectivity index is 0. The summed E-state index contributed by atoms with van der Waals surface area (Å²) in [5.41, 5.74) is 0.650. The van der Waals surface area contributed by atoms with Gasteiger partial charge in [0.25, 0.3) is 0 Å². The Labute approximate surface area is 80.0 Å². The van der Waals surface area contributed by atoms with E-state index in [1.54, 1.807) is 12.2 Å². The van der Waals surface area contributed by atoms with E-state index in [1.807, 2.05) is 13.8 Å². The largest absolute Gasteiger partial charge is 0.327 e. The summed E-state index contributed by atoms with van der Waals surface area (Å²) in [5.74, 6) is -0.192. The monoisotopic (exact) mass is 182 g/mol. The number of carbonyl (C=O) groups excluding carboxylic acids is 2. The average molecular weight is 182 g/mol. The van der Waals surface area contributed by atoms with Crippen LogP contribution in [0.4, 0.5) is 0 Å². The van der Waals surface area contributed by atoms with Gasteiger partial charge in [-0.25, -0.2) is 0 Å². The fourth-order valence-electron chi connectivity index (χ4n) is 0.742. The van der Waals surface area contributed by atoms with Crippen LogP contribution in [0.5, 0.6) is 0 Å². The molecule has 1 amide bonds. The van der Waals surface area contributed by atoms with Gasteiger partial charge in [0.15, 0.2) is 5.78 Å². The SMILES string of the molecule is CC.CC(=O)NC1=C[CH]C(=O)C=C1.[HH]. The van der Waals surface area contributed by atoms with Crippen LogP contribution in [-0.4, -0.2) is 11.7 Å². The van der Waals surface area contributed by atoms with Crippen LogP contribution in [0.3, 0.4) is 0 Å². The molecule has 0 heterocycles. The van der Waals surface area contributed by atoms with Gasteiger partial charge in [-0.05, 0) is 18.2 Å². The summed E-state index contributed by atoms with van der Waals surface area (Å²) in [6, 6.07) is 0. The van der Waals surface area contributed by atoms with Crippen molar-refractivity contribution in [1.29, 1.82) is 0 Å². The standard InChI is InChI=1S/C8H8NO2.C2H6.H2/c1-6(10)9-7-2-4-8(11)5-3-7;1-2;/h2-5H,1H3,(H,9,10);1-2H3;1H. The topological polar surface area (TPSA) is 46.2 Å². The first-order chi connectivity index (χ1) is 6.18. The maximum absolute atomic E-state index is 10.6. The molecule has 0 saturated heterocycles. The van der Waals surface area contributed by atoms with Crippen LogP contribution < -0.4 is 5.32 Å². The second-order valence-electron chi connectivity index (χ2n) is 2.21. The number of rotatable bonds is 1. The van der Waals surface area contributed by atoms with Crippen molar-refractivity contribution in [3.63, 3.8) is 0 Å². The first-order valence-electron chi connectivity index (χ1n) is 4.23. The average Bonchev–Trinajstić information content (AvgIpc) is 2.12. The lowest BCUT2D eigenvalue weighted by molar-refractivity contribution is -0.118. The van der Waals surface area contributed by atoms with Crippen LogP contribution >= 0.6 is 0 Å². The summed E-state index contributed by atoms with van der Waals surface area (Å²) in [4.78, 5) is 21.1. The summed E-state index contributed by atoms with van der Waals surface area (Å²) in [5, 5.41) is 2.55. The fourth-order valence-corrected chi connectivity index (χ4v) is 0.742. The summed E-state index contributed by atoms with van der Waals surface area (Å²) in [6.07, 6.45) is 5.96. The predicted molar refractivity (Wildman–Crippen MR) is 53.8 cm³/mol. The third-order valence-corrected chi connectivity index (χ3v) is 1.17. The lowest BCUT2D eigenvalue weighted by atomic mass is 10.1. The number of ketones is 1. The molecule has 0 aliphatic heterocycles. The van der Waals surface area contributed by atoms with Gasteiger partial charge in [0, 0.05) is 14.0 Å². The molecule has 3 nitrogen and oxygen atoms in total. The minimum Gasteiger partial charge on any atom is -0.327 e. The second-order valence-corrected chi connectivity index (χ2v) is 2.21. The first-order valence-corrected chi connectivity index (χ1v) is 4.23. The molecule has 1 aliphatic carbocycles. The number of carbonyl (C=O) groups is 2. The van der Waals surface area contributed by atoms with Gasteiger partial charge in [-0.2, -0.15) is 0 Å². The van der Waals surface area contributed by atoms with E-state index in [1.165, 1.54) is 19.4 Å². The van der Waals surface area contributed by atoms with E-state index < -0.39 is 0 Å². The number of hydrogen-bond donors (Lipinski definition) is 1. The zero-order valence-corrected chi connectivity index (χ0v) is 8.13. The van der Waals surface area contributed by atoms with Crippen LogP contribution in [0.25, 0.3) is 0 Å². The van der Waals surface area contributed by atoms with Gasteiger partial charge < -0.3 is 5.32 Å². The van der Waals surface area contributed by atoms with Crippen LogP contribution in [0.2, 0.25) is 0 Å². The van der Waals surface area contributed by atoms with E-state index >= 15 is 0 Å². The molecular weight excluding hydrogens is 166 g/mol. The van der Waals surface area contributed by atoms with Gasteiger partial charge in [0.2, 0.25) is 5.91 Å². The number of amides is 1. The molecule has 1 N–H and O–H groups in total. The summed E-state index contributed by atoms with van der Waals surface area (Å²) in [7, 11) is 0. The van der Waals surface area contributed by atoms with E-state index in [4.69, 9.17) is 0 Å². The predicted octanol–water partition coefficient (Wildman–Crippen LogP) is 1.62. The minimum atomic E-state index is -0.136. The molecular formula is C10H16NO2. The quantitative estimate of drug-likeness (QED) is 0.669. The molecule has 0 bridgehead atoms. The summed E-state index contributed by atoms with van der Waals surface area (Å²) < 4.78 is 0. The number of allylic oxidation sites excluding steroid dienone is 3. The van der Waals surface area contributed by atoms with E-state index in [2.05, 4.69) is 5.32 Å². The second kappa shape index (κ2) is 6.17. The normalized spacial score (nSPS) is 14.1. The molecule has 0 saturated carbocycles. The van der Waals surface area contributed by atoms with Gasteiger partial charge in [-0.3, -0.25) is 9.59 Å². The Morgan fingerprint density at radius 1 is 1.38 bits per heavy atom. The van der Waals surface area contributed by atoms with Gasteiger partial charge in [0.05, 0.1) is 6.42 Å². The van der Waals surface area contributed by atoms with E-state index in [-0.39, 0.29) is 13.1 Å². The highest BCUT2D eigenvalue weighted by Crippen LogP contribution is 2.02. The van der Waals surface area contributed by atoms with E-state index in [0.29, 0.717) is 5.70 Å². The van der Waals surface area contributed by atoms with Crippen molar-refractivity contribution >= 4 is 11.7 Å². The third-order valence-electron chi connectivity index (χ3n) is 1.17. The van der Waals surface area contributed by atoms with Gasteiger partial charge in [-0.1, -0.05) is 13.8 Å². The number of hydrogen-bond acceptors (Lipinski definition) is 2. The fraction of sp³-hybridized carbons (Fsp3) is 0.300. The molecule has 0 aromatic rings. The Morgan fingerprint density at radius 2 is 2.00 bits per heavy atom. The van der Waals surface area contributed by atoms with Crippen molar-refractivity contribution in [2.24, 2.45) is 0 Å². The lowest BCUT2D eigenvalue weighted by Crippen LogP contribution is -2.19. The lowest BCUT2D eigenvalue weighted by Gasteiger charge is -2.04. The van der Waals surface area contributed by atoms with Gasteiger partial charge in [-0.15, -0.1) is 0 Å². The molecule has 1 radical (unpaired) electrons. The highest BCUT2D eigenvalue weighted by Gasteiger charge is 2.03. The van der Waals surface area contributed by atoms with Crippen molar-refractivity contribution in [1.82, 2.24) is 5.32 Å². The smallest absolute Gasteiger partial charge is 0.221 e. The van der Waals surface area contributed by atoms with Crippen LogP contribution in [0.1, 0.15) is 22.2 Å². The maximum atomic E-state index is 10.6. The van der Waals surface area contributed by atoms with E-state index in [0.717, 1.165) is 0 Å². The minimum absolute atomic E-state index is 0. The Morgan fingerprint density at radius 3 is 2.38 bits per heavy atom. The van der Waals surface area contributed by atoms with Crippen molar-refractivity contribution in [2.75, 3.05) is 0 Å². The van der Waals surface area contributed by atoms with Crippen molar-refractivity contribution in [2.45, 2.75) is 20.8 Å². The Hall–Kier alpha value is -1.38. The first kappa shape index (κ1) is 11.6. The van der Waals surface area contributed by atoms with Gasteiger partial charge >= 0.3 is 0 Å². The molecule has 0 aromatic heterocycles. The zero-order chi connectivity index (χ0) is 10.3. The molecule has 0 unspecified atom stereocenters. The Bertz CT molecular complexity index is 257. The number of nitrogens with one attached hydrogen (secondary N) is 1. The molecule has 0 spiro atoms. The van der Waals surface area contributed by atoms with E-state index in [9.17, 15) is 9.59 Å². The maximum Gasteiger partial charge on any atom is 0.221 e. The van der Waals surface area contributed by atoms with Crippen molar-refractivity contribution in [3.05, 3.63) is 30.3 Å². The van der Waals surface area contributed by atoms with Crippen molar-refractivity contribution < 1.29 is 11.0 Å². The molecule has 1 aliphatic rings. The molecule has 3 heteroatoms. The van der Waals surface area contributed by atoms with Crippen molar-refractivity contribution in [3.8, 4) is 0 Å². The molecule has 73 valence electrons. The van der Waals surface area contributed by atoms with Gasteiger partial charge in [0.1, 0.15) is 0 Å². The molecule has 1 rings (SSSR count). The highest BCUT2D eigenvalue weighted by atomic mass is 16.1. The highest BCUT2D eigenvalue weighted by molar-refractivity contribution is 6.00. The third kappa shape index (κ3) is 4.95. The molecule has 0 aromatic carbocycles. The molecule has 13 heavy (non-hydrogen) atoms. The summed E-state index contributed by atoms with van der Waals surface area (Å²) >= 11 is 0. The van der Waals surface area contributed by atoms with Crippen LogP contribution in [0.15, 0.2) is 23.9 Å². The molecule has 0 fully saturated rings. The Kier molecular flexibility index (Phi) is 5.52. The van der Waals surface area contributed by atoms with Crippen LogP contribution in [0, 0.1) is 6.42 Å². The van der Waals surface area contributed by atoms with Crippen LogP contribution in [-0.2, 0) is 9.59 Å². The molecule has 0 atom stereocenters. The summed E-state index contributed by atoms with van der Waals surface area (Å²) in [6.45, 7) is 5.42.